The number of nitrogens with zero attached hydrogens (tertiary/aromatic N) is 1. The average Bonchev–Trinajstić information content (AvgIpc) is 3.35. The normalized spacial score (nSPS) is 25.1. The van der Waals surface area contributed by atoms with Crippen LogP contribution in [0.1, 0.15) is 91.8 Å². The number of methoxy groups -OCH3 is 1. The first-order valence-corrected chi connectivity index (χ1v) is 18.0. The summed E-state index contributed by atoms with van der Waals surface area (Å²) in [6.45, 7) is 5.71. The summed E-state index contributed by atoms with van der Waals surface area (Å²) in [5, 5.41) is 43.9. The van der Waals surface area contributed by atoms with Crippen LogP contribution in [0.2, 0.25) is 0 Å². The largest absolute Gasteiger partial charge is 0.394 e. The van der Waals surface area contributed by atoms with E-state index in [1.807, 2.05) is 60.7 Å². The van der Waals surface area contributed by atoms with Gasteiger partial charge in [-0.25, -0.2) is 0 Å². The molecule has 1 fully saturated rings. The molecule has 0 heterocycles. The molecule has 0 amide bonds. The summed E-state index contributed by atoms with van der Waals surface area (Å²) >= 11 is 0. The van der Waals surface area contributed by atoms with E-state index in [0.717, 1.165) is 41.5 Å². The van der Waals surface area contributed by atoms with E-state index in [1.165, 1.54) is 5.57 Å². The lowest BCUT2D eigenvalue weighted by Gasteiger charge is -2.46. The molecule has 6 rings (SSSR count). The number of aliphatic hydroxyl groups is 4. The first-order chi connectivity index (χ1) is 23.6. The summed E-state index contributed by atoms with van der Waals surface area (Å²) in [7, 11) is 1.66. The third-order valence-corrected chi connectivity index (χ3v) is 11.2. The monoisotopic (exact) mass is 669 g/mol. The van der Waals surface area contributed by atoms with Crippen molar-refractivity contribution in [1.29, 1.82) is 0 Å². The molecule has 0 aliphatic heterocycles. The van der Waals surface area contributed by atoms with Crippen molar-refractivity contribution in [3.05, 3.63) is 107 Å². The molecule has 3 aliphatic rings. The topological polar surface area (TPSA) is 110 Å². The Morgan fingerprint density at radius 3 is 2.53 bits per heavy atom. The van der Waals surface area contributed by atoms with E-state index in [9.17, 15) is 25.2 Å². The molecule has 0 unspecified atom stereocenters. The van der Waals surface area contributed by atoms with E-state index >= 15 is 0 Å². The molecule has 2 bridgehead atoms. The van der Waals surface area contributed by atoms with Crippen molar-refractivity contribution < 1.29 is 30.0 Å². The predicted molar refractivity (Wildman–Crippen MR) is 195 cm³/mol. The fourth-order valence-electron chi connectivity index (χ4n) is 8.29. The maximum Gasteiger partial charge on any atom is 0.193 e. The molecular formula is C42H55NO6. The van der Waals surface area contributed by atoms with Crippen LogP contribution in [0, 0.1) is 5.41 Å². The molecule has 0 saturated heterocycles. The highest BCUT2D eigenvalue weighted by molar-refractivity contribution is 6.13. The van der Waals surface area contributed by atoms with Gasteiger partial charge in [-0.05, 0) is 92.5 Å². The summed E-state index contributed by atoms with van der Waals surface area (Å²) in [5.74, 6) is -0.168. The molecular weight excluding hydrogens is 614 g/mol. The molecule has 3 aromatic carbocycles. The van der Waals surface area contributed by atoms with E-state index in [-0.39, 0.29) is 24.9 Å². The number of fused-ring (bicyclic) bond motifs is 8. The number of rotatable bonds is 12. The van der Waals surface area contributed by atoms with Crippen molar-refractivity contribution in [3.63, 3.8) is 0 Å². The number of aliphatic hydroxyl groups excluding tert-OH is 3. The third-order valence-electron chi connectivity index (χ3n) is 11.2. The Bertz CT molecular complexity index is 1570. The van der Waals surface area contributed by atoms with Crippen LogP contribution < -0.4 is 0 Å². The fourth-order valence-corrected chi connectivity index (χ4v) is 8.29. The first kappa shape index (κ1) is 37.1. The first-order valence-electron chi connectivity index (χ1n) is 18.0. The van der Waals surface area contributed by atoms with Crippen molar-refractivity contribution in [3.8, 4) is 11.1 Å². The van der Waals surface area contributed by atoms with Gasteiger partial charge in [-0.3, -0.25) is 9.69 Å². The molecule has 1 saturated carbocycles. The molecule has 0 aromatic heterocycles. The Kier molecular flexibility index (Phi) is 12.6. The van der Waals surface area contributed by atoms with E-state index in [0.29, 0.717) is 62.9 Å². The van der Waals surface area contributed by atoms with Crippen LogP contribution in [0.4, 0.5) is 0 Å². The van der Waals surface area contributed by atoms with E-state index < -0.39 is 23.2 Å². The van der Waals surface area contributed by atoms with Crippen molar-refractivity contribution in [2.75, 3.05) is 40.0 Å². The summed E-state index contributed by atoms with van der Waals surface area (Å²) < 4.78 is 5.30. The van der Waals surface area contributed by atoms with Crippen LogP contribution >= 0.6 is 0 Å². The maximum absolute atomic E-state index is 14.8. The molecule has 264 valence electrons. The molecule has 0 radical (unpaired) electrons. The van der Waals surface area contributed by atoms with Gasteiger partial charge >= 0.3 is 0 Å². The molecule has 3 aromatic rings. The molecule has 49 heavy (non-hydrogen) atoms. The zero-order valence-electron chi connectivity index (χ0n) is 29.5. The number of ether oxygens (including phenoxy) is 1. The number of ketones is 1. The van der Waals surface area contributed by atoms with Gasteiger partial charge in [-0.1, -0.05) is 85.3 Å². The molecule has 4 N–H and O–H groups in total. The number of hydrogen-bond donors (Lipinski definition) is 4. The van der Waals surface area contributed by atoms with Gasteiger partial charge in [0, 0.05) is 49.9 Å². The summed E-state index contributed by atoms with van der Waals surface area (Å²) in [4.78, 5) is 16.9. The summed E-state index contributed by atoms with van der Waals surface area (Å²) in [6, 6.07) is 23.9. The molecule has 7 heteroatoms. The quantitative estimate of drug-likeness (QED) is 0.102. The highest BCUT2D eigenvalue weighted by Gasteiger charge is 2.57. The summed E-state index contributed by atoms with van der Waals surface area (Å²) in [5.41, 5.74) is 4.47. The average molecular weight is 670 g/mol. The van der Waals surface area contributed by atoms with Gasteiger partial charge in [-0.15, -0.1) is 0 Å². The van der Waals surface area contributed by atoms with Crippen molar-refractivity contribution >= 4 is 5.78 Å². The number of hydrogen-bond acceptors (Lipinski definition) is 7. The molecule has 3 aliphatic carbocycles. The van der Waals surface area contributed by atoms with Crippen LogP contribution in [0.15, 0.2) is 84.4 Å². The Balaban J connectivity index is 1.61. The minimum absolute atomic E-state index is 0.0568. The van der Waals surface area contributed by atoms with Gasteiger partial charge in [0.25, 0.3) is 0 Å². The fraction of sp³-hybridized carbons (Fsp3) is 0.500. The van der Waals surface area contributed by atoms with Gasteiger partial charge in [0.05, 0.1) is 24.4 Å². The Morgan fingerprint density at radius 1 is 1.02 bits per heavy atom. The second kappa shape index (κ2) is 16.7. The van der Waals surface area contributed by atoms with E-state index in [1.54, 1.807) is 7.11 Å². The van der Waals surface area contributed by atoms with Gasteiger partial charge in [0.1, 0.15) is 0 Å². The maximum atomic E-state index is 14.8. The summed E-state index contributed by atoms with van der Waals surface area (Å²) in [6.07, 6.45) is 6.15. The van der Waals surface area contributed by atoms with Gasteiger partial charge in [0.2, 0.25) is 0 Å². The van der Waals surface area contributed by atoms with E-state index in [4.69, 9.17) is 4.74 Å². The molecule has 0 spiro atoms. The minimum Gasteiger partial charge on any atom is -0.394 e. The second-order valence-electron chi connectivity index (χ2n) is 14.6. The number of benzene rings is 3. The highest BCUT2D eigenvalue weighted by atomic mass is 16.5. The Labute approximate surface area is 292 Å². The SMILES string of the molecule is COCCCN(C[C@H](O)CO)C[C@]1(O)CC[C@H]2c3ccc(cc3C(=O)c3ccccc3-c3ccccc3)C[C@@H](O)CCC(C)=CCC[C@@]21C. The second-order valence-corrected chi connectivity index (χ2v) is 14.6. The zero-order chi connectivity index (χ0) is 35.0. The standard InChI is InChI=1S/C42H55NO6/c1-30-11-9-21-41(2)39(20-22-42(41,48)29-43(23-10-24-49-3)27-34(46)28-44)36-19-17-31(25-33(45)18-16-30)26-38(36)40(47)37-15-8-7-14-35(37)32-12-5-4-6-13-32/h4-8,11-15,17,19,26,33-34,39,44-46,48H,9-10,16,18,20-25,27-29H2,1-3H3/t33-,34-,39-,41-,42+/m0/s1. The number of carbonyl (C=O) groups is 1. The predicted octanol–water partition coefficient (Wildman–Crippen LogP) is 6.31. The van der Waals surface area contributed by atoms with Crippen molar-refractivity contribution in [1.82, 2.24) is 4.90 Å². The van der Waals surface area contributed by atoms with Crippen LogP contribution in [0.3, 0.4) is 0 Å². The third kappa shape index (κ3) is 8.59. The van der Waals surface area contributed by atoms with Crippen LogP contribution in [-0.2, 0) is 11.2 Å². The van der Waals surface area contributed by atoms with Crippen LogP contribution in [-0.4, -0.2) is 88.9 Å². The molecule has 7 nitrogen and oxygen atoms in total. The lowest BCUT2D eigenvalue weighted by molar-refractivity contribution is -0.0898. The number of allylic oxidation sites excluding steroid dienone is 2. The highest BCUT2D eigenvalue weighted by Crippen LogP contribution is 2.59. The lowest BCUT2D eigenvalue weighted by atomic mass is 9.64. The smallest absolute Gasteiger partial charge is 0.193 e. The lowest BCUT2D eigenvalue weighted by Crippen LogP contribution is -2.54. The Morgan fingerprint density at radius 2 is 1.78 bits per heavy atom. The minimum atomic E-state index is -1.12. The van der Waals surface area contributed by atoms with Gasteiger partial charge in [0.15, 0.2) is 5.78 Å². The van der Waals surface area contributed by atoms with Gasteiger partial charge < -0.3 is 25.2 Å². The molecule has 5 atom stereocenters. The zero-order valence-corrected chi connectivity index (χ0v) is 29.5. The van der Waals surface area contributed by atoms with Crippen LogP contribution in [0.25, 0.3) is 11.1 Å². The van der Waals surface area contributed by atoms with Crippen molar-refractivity contribution in [2.24, 2.45) is 5.41 Å². The Hall–Kier alpha value is -3.17. The van der Waals surface area contributed by atoms with Crippen molar-refractivity contribution in [2.45, 2.75) is 88.9 Å². The number of carbonyl (C=O) groups excluding carboxylic acids is 1. The van der Waals surface area contributed by atoms with Gasteiger partial charge in [-0.2, -0.15) is 0 Å². The van der Waals surface area contributed by atoms with Crippen LogP contribution in [0.5, 0.6) is 0 Å². The van der Waals surface area contributed by atoms with E-state index in [2.05, 4.69) is 37.0 Å².